The predicted octanol–water partition coefficient (Wildman–Crippen LogP) is 11.0. The third-order valence-electron chi connectivity index (χ3n) is 8.17. The van der Waals surface area contributed by atoms with Crippen LogP contribution >= 0.6 is 0 Å². The van der Waals surface area contributed by atoms with Crippen LogP contribution in [0.3, 0.4) is 0 Å². The summed E-state index contributed by atoms with van der Waals surface area (Å²) in [7, 11) is 0. The SMILES string of the molecule is c1ccc(-c2cccc3cccc(-c4ccccc4Nc4ccc5c6ccccc6n(-c6ccccc6)c5c4)c23)cc1. The summed E-state index contributed by atoms with van der Waals surface area (Å²) < 4.78 is 2.36. The molecule has 0 radical (unpaired) electrons. The zero-order valence-corrected chi connectivity index (χ0v) is 23.0. The van der Waals surface area contributed by atoms with Crippen molar-refractivity contribution in [3.05, 3.63) is 164 Å². The topological polar surface area (TPSA) is 17.0 Å². The summed E-state index contributed by atoms with van der Waals surface area (Å²) in [4.78, 5) is 0. The van der Waals surface area contributed by atoms with Crippen LogP contribution in [0.1, 0.15) is 0 Å². The molecule has 8 rings (SSSR count). The van der Waals surface area contributed by atoms with Crippen molar-refractivity contribution < 1.29 is 0 Å². The molecule has 1 heterocycles. The predicted molar refractivity (Wildman–Crippen MR) is 179 cm³/mol. The fraction of sp³-hybridized carbons (Fsp3) is 0. The molecule has 0 unspecified atom stereocenters. The maximum atomic E-state index is 3.80. The first-order valence-corrected chi connectivity index (χ1v) is 14.4. The molecule has 0 amide bonds. The van der Waals surface area contributed by atoms with E-state index < -0.39 is 0 Å². The minimum absolute atomic E-state index is 1.05. The number of rotatable bonds is 5. The summed E-state index contributed by atoms with van der Waals surface area (Å²) in [5, 5.41) is 8.80. The van der Waals surface area contributed by atoms with E-state index >= 15 is 0 Å². The standard InChI is InChI=1S/C40H28N2/c1-3-13-28(14-4-1)32-21-11-15-29-16-12-22-36(40(29)32)33-19-7-9-23-37(33)41-30-25-26-35-34-20-8-10-24-38(34)42(39(35)27-30)31-17-5-2-6-18-31/h1-27,41H. The summed E-state index contributed by atoms with van der Waals surface area (Å²) in [5.74, 6) is 0. The molecule has 0 aliphatic rings. The fourth-order valence-corrected chi connectivity index (χ4v) is 6.31. The average Bonchev–Trinajstić information content (AvgIpc) is 3.39. The number of nitrogens with one attached hydrogen (secondary N) is 1. The number of aromatic nitrogens is 1. The van der Waals surface area contributed by atoms with E-state index in [2.05, 4.69) is 174 Å². The number of benzene rings is 7. The molecule has 2 heteroatoms. The Balaban J connectivity index is 1.29. The van der Waals surface area contributed by atoms with E-state index in [1.54, 1.807) is 0 Å². The van der Waals surface area contributed by atoms with Crippen LogP contribution in [0.4, 0.5) is 11.4 Å². The highest BCUT2D eigenvalue weighted by Gasteiger charge is 2.15. The molecule has 0 aliphatic heterocycles. The minimum atomic E-state index is 1.05. The first kappa shape index (κ1) is 24.2. The van der Waals surface area contributed by atoms with Gasteiger partial charge in [-0.15, -0.1) is 0 Å². The van der Waals surface area contributed by atoms with E-state index in [1.165, 1.54) is 54.8 Å². The van der Waals surface area contributed by atoms with E-state index in [-0.39, 0.29) is 0 Å². The maximum Gasteiger partial charge on any atom is 0.0561 e. The molecule has 8 aromatic rings. The normalized spacial score (nSPS) is 11.3. The maximum absolute atomic E-state index is 3.80. The van der Waals surface area contributed by atoms with Gasteiger partial charge in [0.2, 0.25) is 0 Å². The molecule has 198 valence electrons. The molecule has 7 aromatic carbocycles. The number of hydrogen-bond donors (Lipinski definition) is 1. The Hall–Kier alpha value is -5.60. The van der Waals surface area contributed by atoms with Crippen LogP contribution in [0.25, 0.3) is 60.5 Å². The van der Waals surface area contributed by atoms with Crippen molar-refractivity contribution >= 4 is 44.0 Å². The zero-order valence-electron chi connectivity index (χ0n) is 23.0. The highest BCUT2D eigenvalue weighted by molar-refractivity contribution is 6.11. The average molecular weight is 537 g/mol. The molecular weight excluding hydrogens is 508 g/mol. The Morgan fingerprint density at radius 2 is 1.07 bits per heavy atom. The van der Waals surface area contributed by atoms with Crippen molar-refractivity contribution in [3.63, 3.8) is 0 Å². The van der Waals surface area contributed by atoms with Gasteiger partial charge in [0.15, 0.2) is 0 Å². The van der Waals surface area contributed by atoms with Gasteiger partial charge in [0, 0.05) is 33.4 Å². The van der Waals surface area contributed by atoms with E-state index in [1.807, 2.05) is 0 Å². The molecule has 1 N–H and O–H groups in total. The second-order valence-corrected chi connectivity index (χ2v) is 10.7. The molecule has 0 spiro atoms. The summed E-state index contributed by atoms with van der Waals surface area (Å²) >= 11 is 0. The quantitative estimate of drug-likeness (QED) is 0.231. The lowest BCUT2D eigenvalue weighted by Crippen LogP contribution is -1.96. The van der Waals surface area contributed by atoms with Gasteiger partial charge in [-0.25, -0.2) is 0 Å². The monoisotopic (exact) mass is 536 g/mol. The second-order valence-electron chi connectivity index (χ2n) is 10.7. The Morgan fingerprint density at radius 3 is 1.90 bits per heavy atom. The first-order valence-electron chi connectivity index (χ1n) is 14.4. The number of anilines is 2. The zero-order chi connectivity index (χ0) is 27.9. The number of fused-ring (bicyclic) bond motifs is 4. The van der Waals surface area contributed by atoms with Gasteiger partial charge in [0.05, 0.1) is 11.0 Å². The van der Waals surface area contributed by atoms with E-state index in [0.29, 0.717) is 0 Å². The van der Waals surface area contributed by atoms with Crippen molar-refractivity contribution in [2.45, 2.75) is 0 Å². The Kier molecular flexibility index (Phi) is 5.82. The van der Waals surface area contributed by atoms with Gasteiger partial charge in [0.25, 0.3) is 0 Å². The Labute approximate surface area is 245 Å². The fourth-order valence-electron chi connectivity index (χ4n) is 6.31. The molecule has 0 bridgehead atoms. The van der Waals surface area contributed by atoms with Gasteiger partial charge >= 0.3 is 0 Å². The van der Waals surface area contributed by atoms with Crippen molar-refractivity contribution in [3.8, 4) is 27.9 Å². The largest absolute Gasteiger partial charge is 0.355 e. The van der Waals surface area contributed by atoms with Crippen LogP contribution in [-0.4, -0.2) is 4.57 Å². The molecule has 0 fully saturated rings. The van der Waals surface area contributed by atoms with Crippen LogP contribution in [0.5, 0.6) is 0 Å². The smallest absolute Gasteiger partial charge is 0.0561 e. The van der Waals surface area contributed by atoms with Gasteiger partial charge in [-0.3, -0.25) is 0 Å². The molecule has 2 nitrogen and oxygen atoms in total. The third-order valence-corrected chi connectivity index (χ3v) is 8.17. The van der Waals surface area contributed by atoms with Gasteiger partial charge in [-0.1, -0.05) is 127 Å². The lowest BCUT2D eigenvalue weighted by Gasteiger charge is -2.17. The summed E-state index contributed by atoms with van der Waals surface area (Å²) in [6.07, 6.45) is 0. The molecular formula is C40H28N2. The highest BCUT2D eigenvalue weighted by Crippen LogP contribution is 2.40. The van der Waals surface area contributed by atoms with Crippen LogP contribution in [-0.2, 0) is 0 Å². The number of para-hydroxylation sites is 3. The minimum Gasteiger partial charge on any atom is -0.355 e. The van der Waals surface area contributed by atoms with Gasteiger partial charge < -0.3 is 9.88 Å². The van der Waals surface area contributed by atoms with Crippen LogP contribution in [0, 0.1) is 0 Å². The van der Waals surface area contributed by atoms with Crippen molar-refractivity contribution in [2.75, 3.05) is 5.32 Å². The van der Waals surface area contributed by atoms with Gasteiger partial charge in [-0.05, 0) is 63.9 Å². The van der Waals surface area contributed by atoms with Crippen LogP contribution in [0.2, 0.25) is 0 Å². The van der Waals surface area contributed by atoms with Crippen molar-refractivity contribution in [1.29, 1.82) is 0 Å². The second kappa shape index (κ2) is 10.1. The van der Waals surface area contributed by atoms with E-state index in [9.17, 15) is 0 Å². The molecule has 0 atom stereocenters. The Bertz CT molecular complexity index is 2200. The number of nitrogens with zero attached hydrogens (tertiary/aromatic N) is 1. The summed E-state index contributed by atoms with van der Waals surface area (Å²) in [6.45, 7) is 0. The van der Waals surface area contributed by atoms with Crippen LogP contribution < -0.4 is 5.32 Å². The Morgan fingerprint density at radius 1 is 0.429 bits per heavy atom. The van der Waals surface area contributed by atoms with Gasteiger partial charge in [-0.2, -0.15) is 0 Å². The lowest BCUT2D eigenvalue weighted by molar-refractivity contribution is 1.18. The van der Waals surface area contributed by atoms with E-state index in [4.69, 9.17) is 0 Å². The molecule has 1 aromatic heterocycles. The highest BCUT2D eigenvalue weighted by atomic mass is 15.0. The van der Waals surface area contributed by atoms with Crippen molar-refractivity contribution in [1.82, 2.24) is 4.57 Å². The number of hydrogen-bond acceptors (Lipinski definition) is 1. The molecule has 0 saturated carbocycles. The lowest BCUT2D eigenvalue weighted by atomic mass is 9.91. The molecule has 42 heavy (non-hydrogen) atoms. The van der Waals surface area contributed by atoms with E-state index in [0.717, 1.165) is 17.1 Å². The molecule has 0 aliphatic carbocycles. The van der Waals surface area contributed by atoms with Crippen LogP contribution in [0.15, 0.2) is 164 Å². The molecule has 0 saturated heterocycles. The first-order chi connectivity index (χ1) is 20.8. The summed E-state index contributed by atoms with van der Waals surface area (Å²) in [5.41, 5.74) is 10.5. The van der Waals surface area contributed by atoms with Crippen molar-refractivity contribution in [2.24, 2.45) is 0 Å². The summed E-state index contributed by atoms with van der Waals surface area (Å²) in [6, 6.07) is 58.5. The van der Waals surface area contributed by atoms with Gasteiger partial charge in [0.1, 0.15) is 0 Å². The third kappa shape index (κ3) is 4.05.